The lowest BCUT2D eigenvalue weighted by atomic mass is 10.3. The number of nitro benzene ring substituents is 1. The van der Waals surface area contributed by atoms with Gasteiger partial charge in [0.2, 0.25) is 0 Å². The van der Waals surface area contributed by atoms with Crippen molar-refractivity contribution in [2.24, 2.45) is 0 Å². The highest BCUT2D eigenvalue weighted by Gasteiger charge is 2.12. The first-order chi connectivity index (χ1) is 8.61. The number of carbonyl (C=O) groups is 1. The predicted octanol–water partition coefficient (Wildman–Crippen LogP) is 0.962. The van der Waals surface area contributed by atoms with E-state index in [2.05, 4.69) is 15.0 Å². The molecule has 0 spiro atoms. The maximum atomic E-state index is 11.2. The van der Waals surface area contributed by atoms with Crippen LogP contribution in [-0.4, -0.2) is 33.0 Å². The Morgan fingerprint density at radius 2 is 2.06 bits per heavy atom. The molecule has 8 nitrogen and oxygen atoms in total. The van der Waals surface area contributed by atoms with E-state index >= 15 is 0 Å². The second-order valence-corrected chi connectivity index (χ2v) is 3.31. The summed E-state index contributed by atoms with van der Waals surface area (Å²) < 4.78 is 5.82. The average Bonchev–Trinajstić information content (AvgIpc) is 2.87. The van der Waals surface area contributed by atoms with Crippen molar-refractivity contribution in [2.45, 2.75) is 0 Å². The fourth-order valence-corrected chi connectivity index (χ4v) is 1.32. The lowest BCUT2D eigenvalue weighted by Gasteiger charge is -1.98. The number of rotatable bonds is 3. The zero-order valence-electron chi connectivity index (χ0n) is 9.31. The van der Waals surface area contributed by atoms with Gasteiger partial charge in [-0.15, -0.1) is 5.10 Å². The fourth-order valence-electron chi connectivity index (χ4n) is 1.32. The summed E-state index contributed by atoms with van der Waals surface area (Å²) in [6.45, 7) is 0. The molecule has 0 fully saturated rings. The summed E-state index contributed by atoms with van der Waals surface area (Å²) >= 11 is 0. The number of aromatic nitrogens is 3. The Balaban J connectivity index is 2.29. The lowest BCUT2D eigenvalue weighted by Crippen LogP contribution is -2.01. The van der Waals surface area contributed by atoms with Crippen LogP contribution in [0.2, 0.25) is 0 Å². The Kier molecular flexibility index (Phi) is 3.00. The smallest absolute Gasteiger partial charge is 0.360 e. The third kappa shape index (κ3) is 2.17. The second-order valence-electron chi connectivity index (χ2n) is 3.31. The zero-order valence-corrected chi connectivity index (χ0v) is 9.31. The fraction of sp³-hybridized carbons (Fsp3) is 0.100. The van der Waals surface area contributed by atoms with Gasteiger partial charge in [0.15, 0.2) is 5.69 Å². The van der Waals surface area contributed by atoms with E-state index in [4.69, 9.17) is 0 Å². The van der Waals surface area contributed by atoms with Crippen LogP contribution in [0.4, 0.5) is 5.69 Å². The molecule has 0 aliphatic carbocycles. The molecule has 0 aliphatic heterocycles. The van der Waals surface area contributed by atoms with Gasteiger partial charge < -0.3 is 4.74 Å². The average molecular weight is 248 g/mol. The van der Waals surface area contributed by atoms with Crippen molar-refractivity contribution >= 4 is 11.7 Å². The van der Waals surface area contributed by atoms with Gasteiger partial charge in [0.25, 0.3) is 5.69 Å². The van der Waals surface area contributed by atoms with Gasteiger partial charge in [-0.2, -0.15) is 0 Å². The van der Waals surface area contributed by atoms with Crippen LogP contribution in [0, 0.1) is 10.1 Å². The normalized spacial score (nSPS) is 10.1. The highest BCUT2D eigenvalue weighted by atomic mass is 16.6. The molecule has 0 atom stereocenters. The van der Waals surface area contributed by atoms with Gasteiger partial charge in [0.1, 0.15) is 0 Å². The largest absolute Gasteiger partial charge is 0.464 e. The molecule has 1 heterocycles. The topological polar surface area (TPSA) is 100 Å². The molecular weight excluding hydrogens is 240 g/mol. The molecule has 0 bridgehead atoms. The number of non-ortho nitro benzene ring substituents is 1. The number of carbonyl (C=O) groups excluding carboxylic acids is 1. The maximum Gasteiger partial charge on any atom is 0.360 e. The number of esters is 1. The number of ether oxygens (including phenoxy) is 1. The van der Waals surface area contributed by atoms with Crippen LogP contribution in [0.15, 0.2) is 30.5 Å². The van der Waals surface area contributed by atoms with Crippen LogP contribution >= 0.6 is 0 Å². The number of benzene rings is 1. The quantitative estimate of drug-likeness (QED) is 0.455. The van der Waals surface area contributed by atoms with Crippen molar-refractivity contribution in [3.05, 3.63) is 46.3 Å². The van der Waals surface area contributed by atoms with E-state index in [9.17, 15) is 14.9 Å². The third-order valence-corrected chi connectivity index (χ3v) is 2.21. The van der Waals surface area contributed by atoms with Crippen molar-refractivity contribution in [3.63, 3.8) is 0 Å². The molecule has 2 aromatic rings. The molecular formula is C10H8N4O4. The third-order valence-electron chi connectivity index (χ3n) is 2.21. The number of nitro groups is 1. The lowest BCUT2D eigenvalue weighted by molar-refractivity contribution is -0.384. The molecule has 1 aromatic carbocycles. The van der Waals surface area contributed by atoms with Crippen molar-refractivity contribution in [3.8, 4) is 5.69 Å². The van der Waals surface area contributed by atoms with Gasteiger partial charge >= 0.3 is 5.97 Å². The van der Waals surface area contributed by atoms with Gasteiger partial charge in [0, 0.05) is 12.1 Å². The van der Waals surface area contributed by atoms with Crippen LogP contribution in [-0.2, 0) is 4.74 Å². The summed E-state index contributed by atoms with van der Waals surface area (Å²) in [6.07, 6.45) is 1.38. The molecule has 0 unspecified atom stereocenters. The first-order valence-electron chi connectivity index (χ1n) is 4.87. The second kappa shape index (κ2) is 4.62. The Bertz CT molecular complexity index is 590. The molecule has 0 N–H and O–H groups in total. The van der Waals surface area contributed by atoms with Crippen molar-refractivity contribution < 1.29 is 14.5 Å². The summed E-state index contributed by atoms with van der Waals surface area (Å²) in [5.74, 6) is -0.594. The van der Waals surface area contributed by atoms with Crippen LogP contribution in [0.3, 0.4) is 0 Å². The minimum absolute atomic E-state index is 0.0212. The maximum absolute atomic E-state index is 11.2. The van der Waals surface area contributed by atoms with Crippen molar-refractivity contribution in [1.82, 2.24) is 15.0 Å². The summed E-state index contributed by atoms with van der Waals surface area (Å²) in [5.41, 5.74) is 0.603. The Hall–Kier alpha value is -2.77. The van der Waals surface area contributed by atoms with E-state index in [1.54, 1.807) is 0 Å². The van der Waals surface area contributed by atoms with Gasteiger partial charge in [0.05, 0.1) is 23.9 Å². The predicted molar refractivity (Wildman–Crippen MR) is 59.4 cm³/mol. The van der Waals surface area contributed by atoms with Gasteiger partial charge in [-0.1, -0.05) is 5.21 Å². The van der Waals surface area contributed by atoms with Gasteiger partial charge in [-0.25, -0.2) is 9.48 Å². The molecule has 0 saturated carbocycles. The van der Waals surface area contributed by atoms with E-state index in [0.717, 1.165) is 0 Å². The van der Waals surface area contributed by atoms with E-state index in [1.165, 1.54) is 42.3 Å². The van der Waals surface area contributed by atoms with Crippen LogP contribution in [0.25, 0.3) is 5.69 Å². The Morgan fingerprint density at radius 3 is 2.61 bits per heavy atom. The molecule has 92 valence electrons. The van der Waals surface area contributed by atoms with Crippen LogP contribution in [0.5, 0.6) is 0 Å². The molecule has 0 radical (unpaired) electrons. The Labute approximate surface area is 101 Å². The zero-order chi connectivity index (χ0) is 13.1. The first kappa shape index (κ1) is 11.7. The van der Waals surface area contributed by atoms with Crippen molar-refractivity contribution in [2.75, 3.05) is 7.11 Å². The molecule has 0 amide bonds. The number of hydrogen-bond acceptors (Lipinski definition) is 6. The van der Waals surface area contributed by atoms with Crippen LogP contribution < -0.4 is 0 Å². The molecule has 0 saturated heterocycles. The number of methoxy groups -OCH3 is 1. The summed E-state index contributed by atoms with van der Waals surface area (Å²) in [5, 5.41) is 17.8. The van der Waals surface area contributed by atoms with E-state index in [0.29, 0.717) is 5.69 Å². The standard InChI is InChI=1S/C10H8N4O4/c1-18-10(15)9-6-13(12-11-9)7-2-4-8(5-3-7)14(16)17/h2-6H,1H3. The van der Waals surface area contributed by atoms with Crippen molar-refractivity contribution in [1.29, 1.82) is 0 Å². The minimum Gasteiger partial charge on any atom is -0.464 e. The highest BCUT2D eigenvalue weighted by Crippen LogP contribution is 2.14. The van der Waals surface area contributed by atoms with E-state index in [-0.39, 0.29) is 11.4 Å². The minimum atomic E-state index is -0.594. The highest BCUT2D eigenvalue weighted by molar-refractivity contribution is 5.86. The van der Waals surface area contributed by atoms with Crippen LogP contribution in [0.1, 0.15) is 10.5 Å². The summed E-state index contributed by atoms with van der Waals surface area (Å²) in [4.78, 5) is 21.2. The molecule has 0 aliphatic rings. The van der Waals surface area contributed by atoms with E-state index < -0.39 is 10.9 Å². The monoisotopic (exact) mass is 248 g/mol. The molecule has 1 aromatic heterocycles. The van der Waals surface area contributed by atoms with E-state index in [1.807, 2.05) is 0 Å². The first-order valence-corrected chi connectivity index (χ1v) is 4.87. The van der Waals surface area contributed by atoms with Gasteiger partial charge in [-0.3, -0.25) is 10.1 Å². The molecule has 18 heavy (non-hydrogen) atoms. The molecule has 2 rings (SSSR count). The SMILES string of the molecule is COC(=O)c1cn(-c2ccc([N+](=O)[O-])cc2)nn1. The van der Waals surface area contributed by atoms with Gasteiger partial charge in [-0.05, 0) is 12.1 Å². The Morgan fingerprint density at radius 1 is 1.39 bits per heavy atom. The molecule has 8 heteroatoms. The summed E-state index contributed by atoms with van der Waals surface area (Å²) in [7, 11) is 1.24. The summed E-state index contributed by atoms with van der Waals surface area (Å²) in [6, 6.07) is 5.70. The number of nitrogens with zero attached hydrogens (tertiary/aromatic N) is 4. The number of hydrogen-bond donors (Lipinski definition) is 0.